The van der Waals surface area contributed by atoms with Crippen LogP contribution in [0.4, 0.5) is 0 Å². The summed E-state index contributed by atoms with van der Waals surface area (Å²) in [5.74, 6) is 0. The molecular formula is C62H36N10. The molecule has 0 radical (unpaired) electrons. The molecule has 0 aliphatic carbocycles. The van der Waals surface area contributed by atoms with Gasteiger partial charge in [-0.2, -0.15) is 0 Å². The average molecular weight is 921 g/mol. The monoisotopic (exact) mass is 920 g/mol. The van der Waals surface area contributed by atoms with Crippen molar-refractivity contribution in [3.05, 3.63) is 219 Å². The predicted octanol–water partition coefficient (Wildman–Crippen LogP) is 14.3. The number of rotatable bonds is 6. The third-order valence-electron chi connectivity index (χ3n) is 14.1. The molecule has 0 saturated carbocycles. The van der Waals surface area contributed by atoms with Crippen LogP contribution in [0.5, 0.6) is 0 Å². The molecule has 0 fully saturated rings. The van der Waals surface area contributed by atoms with Crippen molar-refractivity contribution in [3.8, 4) is 55.9 Å². The van der Waals surface area contributed by atoms with E-state index in [1.807, 2.05) is 98.1 Å². The largest absolute Gasteiger partial charge is 0.309 e. The van der Waals surface area contributed by atoms with Crippen molar-refractivity contribution >= 4 is 87.7 Å². The first kappa shape index (κ1) is 39.9. The third kappa shape index (κ3) is 6.09. The number of nitrogens with zero attached hydrogens (tertiary/aromatic N) is 10. The van der Waals surface area contributed by atoms with Gasteiger partial charge < -0.3 is 9.13 Å². The summed E-state index contributed by atoms with van der Waals surface area (Å²) in [4.78, 5) is 38.2. The van der Waals surface area contributed by atoms with E-state index in [4.69, 9.17) is 19.9 Å². The van der Waals surface area contributed by atoms with Crippen molar-refractivity contribution in [3.63, 3.8) is 0 Å². The second-order valence-electron chi connectivity index (χ2n) is 18.0. The molecule has 5 aromatic carbocycles. The second kappa shape index (κ2) is 15.7. The first-order valence-corrected chi connectivity index (χ1v) is 23.8. The molecule has 10 heteroatoms. The van der Waals surface area contributed by atoms with Gasteiger partial charge in [0.15, 0.2) is 0 Å². The van der Waals surface area contributed by atoms with Gasteiger partial charge in [-0.3, -0.25) is 39.9 Å². The van der Waals surface area contributed by atoms with Crippen LogP contribution >= 0.6 is 0 Å². The van der Waals surface area contributed by atoms with E-state index in [9.17, 15) is 0 Å². The zero-order valence-electron chi connectivity index (χ0n) is 38.3. The lowest BCUT2D eigenvalue weighted by Crippen LogP contribution is -1.98. The van der Waals surface area contributed by atoms with E-state index >= 15 is 0 Å². The van der Waals surface area contributed by atoms with Gasteiger partial charge in [0.05, 0.1) is 66.2 Å². The van der Waals surface area contributed by atoms with Gasteiger partial charge in [0.2, 0.25) is 0 Å². The van der Waals surface area contributed by atoms with E-state index in [1.165, 1.54) is 10.8 Å². The SMILES string of the molecule is c1cnc2c(-c3cc(-c4ccnc5cccnc45)cc(-n4c5ccccc5c5c6c7ccccc7n(-c7cc(-c8ccnc9cccnc89)cc(-c8ccnc9cccnc89)c7)c6ccc54)c3)ccnc2c1. The smallest absolute Gasteiger partial charge is 0.0964 e. The molecule has 0 saturated heterocycles. The Hall–Kier alpha value is -10.1. The lowest BCUT2D eigenvalue weighted by atomic mass is 9.96. The molecule has 10 heterocycles. The Labute approximate surface area is 410 Å². The third-order valence-corrected chi connectivity index (χ3v) is 14.1. The van der Waals surface area contributed by atoms with Crippen LogP contribution in [0.15, 0.2) is 219 Å². The van der Waals surface area contributed by atoms with E-state index in [0.29, 0.717) is 0 Å². The van der Waals surface area contributed by atoms with Crippen molar-refractivity contribution < 1.29 is 0 Å². The standard InChI is InChI=1S/C62H36N10/c1-3-15-53-47(9-1)57-55(71(53)41-33-37(43-19-27-63-49-11-5-23-67-59(43)49)31-38(34-41)44-20-28-64-50-12-6-24-68-60(44)50)17-18-56-58(57)48-10-2-4-16-54(48)72(56)42-35-39(45-21-29-65-51-13-7-25-69-61(45)51)32-40(36-42)46-22-30-66-52-14-8-26-70-62(46)52/h1-36H. The number of hydrogen-bond acceptors (Lipinski definition) is 8. The van der Waals surface area contributed by atoms with Gasteiger partial charge in [0, 0.05) is 105 Å². The van der Waals surface area contributed by atoms with E-state index in [0.717, 1.165) is 133 Å². The maximum absolute atomic E-state index is 4.86. The fourth-order valence-electron chi connectivity index (χ4n) is 11.0. The number of hydrogen-bond donors (Lipinski definition) is 0. The topological polar surface area (TPSA) is 113 Å². The predicted molar refractivity (Wildman–Crippen MR) is 289 cm³/mol. The summed E-state index contributed by atoms with van der Waals surface area (Å²) in [5, 5.41) is 4.64. The summed E-state index contributed by atoms with van der Waals surface area (Å²) in [6, 6.07) is 59.8. The highest BCUT2D eigenvalue weighted by Crippen LogP contribution is 2.45. The number of pyridine rings is 8. The van der Waals surface area contributed by atoms with Gasteiger partial charge in [-0.25, -0.2) is 0 Å². The summed E-state index contributed by atoms with van der Waals surface area (Å²) in [5.41, 5.74) is 21.1. The molecule has 0 aliphatic heterocycles. The molecule has 0 N–H and O–H groups in total. The van der Waals surface area contributed by atoms with Crippen molar-refractivity contribution in [1.82, 2.24) is 49.0 Å². The minimum Gasteiger partial charge on any atom is -0.309 e. The van der Waals surface area contributed by atoms with Crippen molar-refractivity contribution in [2.75, 3.05) is 0 Å². The minimum atomic E-state index is 0.836. The van der Waals surface area contributed by atoms with Crippen LogP contribution in [0.2, 0.25) is 0 Å². The number of para-hydroxylation sites is 2. The van der Waals surface area contributed by atoms with Crippen LogP contribution in [0, 0.1) is 0 Å². The highest BCUT2D eigenvalue weighted by molar-refractivity contribution is 6.29. The summed E-state index contributed by atoms with van der Waals surface area (Å²) >= 11 is 0. The second-order valence-corrected chi connectivity index (χ2v) is 18.0. The number of fused-ring (bicyclic) bond motifs is 11. The van der Waals surface area contributed by atoms with Gasteiger partial charge in [-0.05, 0) is 156 Å². The Morgan fingerprint density at radius 1 is 0.250 bits per heavy atom. The molecule has 0 amide bonds. The normalized spacial score (nSPS) is 11.9. The quantitative estimate of drug-likeness (QED) is 0.162. The maximum atomic E-state index is 4.86. The fraction of sp³-hybridized carbons (Fsp3) is 0. The van der Waals surface area contributed by atoms with Gasteiger partial charge in [-0.15, -0.1) is 0 Å². The molecule has 0 unspecified atom stereocenters. The lowest BCUT2D eigenvalue weighted by molar-refractivity contribution is 1.17. The van der Waals surface area contributed by atoms with Crippen LogP contribution in [0.1, 0.15) is 0 Å². The molecular weight excluding hydrogens is 885 g/mol. The highest BCUT2D eigenvalue weighted by Gasteiger charge is 2.23. The Kier molecular flexibility index (Phi) is 8.72. The van der Waals surface area contributed by atoms with Crippen molar-refractivity contribution in [2.24, 2.45) is 0 Å². The van der Waals surface area contributed by atoms with Gasteiger partial charge in [-0.1, -0.05) is 36.4 Å². The molecule has 0 spiro atoms. The van der Waals surface area contributed by atoms with E-state index < -0.39 is 0 Å². The first-order chi connectivity index (χ1) is 35.7. The summed E-state index contributed by atoms with van der Waals surface area (Å²) in [7, 11) is 0. The Bertz CT molecular complexity index is 4210. The lowest BCUT2D eigenvalue weighted by Gasteiger charge is -2.16. The van der Waals surface area contributed by atoms with Crippen LogP contribution < -0.4 is 0 Å². The summed E-state index contributed by atoms with van der Waals surface area (Å²) in [6.07, 6.45) is 14.8. The van der Waals surface area contributed by atoms with Gasteiger partial charge >= 0.3 is 0 Å². The molecule has 15 aromatic rings. The van der Waals surface area contributed by atoms with Gasteiger partial charge in [0.1, 0.15) is 0 Å². The van der Waals surface area contributed by atoms with Crippen LogP contribution in [-0.2, 0) is 0 Å². The van der Waals surface area contributed by atoms with E-state index in [1.54, 1.807) is 0 Å². The van der Waals surface area contributed by atoms with E-state index in [-0.39, 0.29) is 0 Å². The summed E-state index contributed by atoms with van der Waals surface area (Å²) in [6.45, 7) is 0. The highest BCUT2D eigenvalue weighted by atomic mass is 15.0. The molecule has 10 nitrogen and oxygen atoms in total. The van der Waals surface area contributed by atoms with Gasteiger partial charge in [0.25, 0.3) is 0 Å². The van der Waals surface area contributed by atoms with Crippen molar-refractivity contribution in [1.29, 1.82) is 0 Å². The maximum Gasteiger partial charge on any atom is 0.0964 e. The van der Waals surface area contributed by atoms with E-state index in [2.05, 4.69) is 150 Å². The summed E-state index contributed by atoms with van der Waals surface area (Å²) < 4.78 is 4.83. The Morgan fingerprint density at radius 3 is 0.903 bits per heavy atom. The average Bonchev–Trinajstić information content (AvgIpc) is 3.97. The molecule has 0 atom stereocenters. The number of benzene rings is 5. The first-order valence-electron chi connectivity index (χ1n) is 23.8. The molecule has 72 heavy (non-hydrogen) atoms. The molecule has 334 valence electrons. The molecule has 10 aromatic heterocycles. The van der Waals surface area contributed by atoms with Crippen LogP contribution in [0.3, 0.4) is 0 Å². The van der Waals surface area contributed by atoms with Crippen LogP contribution in [0.25, 0.3) is 144 Å². The number of aromatic nitrogens is 10. The molecule has 0 aliphatic rings. The fourth-order valence-corrected chi connectivity index (χ4v) is 11.0. The Morgan fingerprint density at radius 2 is 0.569 bits per heavy atom. The zero-order chi connectivity index (χ0) is 47.3. The molecule has 0 bridgehead atoms. The Balaban J connectivity index is 1.02. The zero-order valence-corrected chi connectivity index (χ0v) is 38.3. The van der Waals surface area contributed by atoms with Crippen molar-refractivity contribution in [2.45, 2.75) is 0 Å². The molecule has 15 rings (SSSR count). The van der Waals surface area contributed by atoms with Crippen LogP contribution in [-0.4, -0.2) is 49.0 Å². The minimum absolute atomic E-state index is 0.836.